The number of carbonyl (C=O) groups is 1. The van der Waals surface area contributed by atoms with Gasteiger partial charge in [0, 0.05) is 18.5 Å². The molecular weight excluding hydrogens is 230 g/mol. The van der Waals surface area contributed by atoms with E-state index in [1.54, 1.807) is 0 Å². The van der Waals surface area contributed by atoms with Crippen molar-refractivity contribution in [1.29, 1.82) is 5.41 Å². The van der Waals surface area contributed by atoms with Gasteiger partial charge in [-0.3, -0.25) is 10.2 Å². The fourth-order valence-corrected chi connectivity index (χ4v) is 2.45. The number of carboxylic acids is 1. The van der Waals surface area contributed by atoms with Crippen LogP contribution in [0, 0.1) is 5.41 Å². The molecule has 0 spiro atoms. The molecule has 0 amide bonds. The molecule has 0 radical (unpaired) electrons. The van der Waals surface area contributed by atoms with Gasteiger partial charge < -0.3 is 15.7 Å². The number of nitrogens with two attached hydrogens (primary N) is 1. The molecule has 0 saturated heterocycles. The van der Waals surface area contributed by atoms with Gasteiger partial charge >= 0.3 is 0 Å². The van der Waals surface area contributed by atoms with Crippen LogP contribution in [-0.2, 0) is 4.79 Å². The van der Waals surface area contributed by atoms with Crippen molar-refractivity contribution < 1.29 is 9.90 Å². The van der Waals surface area contributed by atoms with Gasteiger partial charge in [0.15, 0.2) is 5.96 Å². The lowest BCUT2D eigenvalue weighted by Crippen LogP contribution is -2.54. The second kappa shape index (κ2) is 7.24. The van der Waals surface area contributed by atoms with Crippen LogP contribution in [0.2, 0.25) is 0 Å². The number of nitrogens with zero attached hydrogens (tertiary/aromatic N) is 1. The van der Waals surface area contributed by atoms with Crippen molar-refractivity contribution in [3.05, 3.63) is 0 Å². The van der Waals surface area contributed by atoms with E-state index < -0.39 is 5.97 Å². The molecule has 0 unspecified atom stereocenters. The minimum Gasteiger partial charge on any atom is -0.481 e. The number of hydrogen-bond acceptors (Lipinski definition) is 2. The van der Waals surface area contributed by atoms with Crippen molar-refractivity contribution in [2.75, 3.05) is 0 Å². The Kier molecular flexibility index (Phi) is 6.73. The van der Waals surface area contributed by atoms with Gasteiger partial charge in [-0.05, 0) is 33.6 Å². The van der Waals surface area contributed by atoms with Gasteiger partial charge in [-0.1, -0.05) is 19.3 Å². The largest absolute Gasteiger partial charge is 0.481 e. The van der Waals surface area contributed by atoms with E-state index in [-0.39, 0.29) is 11.5 Å². The molecule has 106 valence electrons. The zero-order valence-corrected chi connectivity index (χ0v) is 12.0. The molecule has 0 aromatic heterocycles. The second-order valence-corrected chi connectivity index (χ2v) is 5.74. The quantitative estimate of drug-likeness (QED) is 0.497. The molecule has 1 rings (SSSR count). The van der Waals surface area contributed by atoms with E-state index in [1.807, 2.05) is 0 Å². The van der Waals surface area contributed by atoms with Gasteiger partial charge in [0.2, 0.25) is 0 Å². The molecular formula is C13H27N3O2. The molecule has 1 fully saturated rings. The van der Waals surface area contributed by atoms with Gasteiger partial charge in [0.1, 0.15) is 0 Å². The third-order valence-electron chi connectivity index (χ3n) is 2.92. The molecule has 0 aliphatic heterocycles. The molecule has 4 N–H and O–H groups in total. The lowest BCUT2D eigenvalue weighted by atomic mass is 9.91. The van der Waals surface area contributed by atoms with Crippen LogP contribution in [-0.4, -0.2) is 33.5 Å². The van der Waals surface area contributed by atoms with Crippen LogP contribution in [0.3, 0.4) is 0 Å². The van der Waals surface area contributed by atoms with E-state index in [4.69, 9.17) is 21.0 Å². The number of guanidine groups is 1. The Hall–Kier alpha value is -1.26. The maximum Gasteiger partial charge on any atom is 0.300 e. The predicted octanol–water partition coefficient (Wildman–Crippen LogP) is 2.40. The molecule has 1 aliphatic rings. The summed E-state index contributed by atoms with van der Waals surface area (Å²) in [4.78, 5) is 11.1. The Morgan fingerprint density at radius 1 is 1.28 bits per heavy atom. The average Bonchev–Trinajstić information content (AvgIpc) is 2.15. The minimum absolute atomic E-state index is 0.0200. The van der Waals surface area contributed by atoms with Crippen LogP contribution in [0.4, 0.5) is 0 Å². The molecule has 0 atom stereocenters. The van der Waals surface area contributed by atoms with Crippen molar-refractivity contribution >= 4 is 11.9 Å². The minimum atomic E-state index is -0.833. The lowest BCUT2D eigenvalue weighted by Gasteiger charge is -2.43. The maximum absolute atomic E-state index is 9.00. The molecule has 1 aliphatic carbocycles. The Morgan fingerprint density at radius 3 is 1.94 bits per heavy atom. The van der Waals surface area contributed by atoms with E-state index in [9.17, 15) is 0 Å². The fraction of sp³-hybridized carbons (Fsp3) is 0.846. The summed E-state index contributed by atoms with van der Waals surface area (Å²) in [5, 5.41) is 15.1. The van der Waals surface area contributed by atoms with Crippen LogP contribution < -0.4 is 5.73 Å². The van der Waals surface area contributed by atoms with Crippen molar-refractivity contribution in [3.63, 3.8) is 0 Å². The van der Waals surface area contributed by atoms with Gasteiger partial charge in [-0.25, -0.2) is 0 Å². The number of aliphatic carboxylic acids is 1. The first-order valence-corrected chi connectivity index (χ1v) is 6.49. The molecule has 5 nitrogen and oxygen atoms in total. The number of nitrogens with one attached hydrogen (secondary N) is 1. The number of carboxylic acid groups (broad SMARTS) is 1. The Bertz CT molecular complexity index is 274. The molecule has 0 aromatic rings. The van der Waals surface area contributed by atoms with Crippen molar-refractivity contribution in [3.8, 4) is 0 Å². The predicted molar refractivity (Wildman–Crippen MR) is 73.7 cm³/mol. The second-order valence-electron chi connectivity index (χ2n) is 5.74. The summed E-state index contributed by atoms with van der Waals surface area (Å²) >= 11 is 0. The number of hydrogen-bond donors (Lipinski definition) is 3. The molecule has 0 heterocycles. The summed E-state index contributed by atoms with van der Waals surface area (Å²) in [5.41, 5.74) is 5.64. The highest BCUT2D eigenvalue weighted by atomic mass is 16.4. The molecule has 5 heteroatoms. The van der Waals surface area contributed by atoms with Crippen molar-refractivity contribution in [2.24, 2.45) is 5.73 Å². The van der Waals surface area contributed by atoms with Crippen molar-refractivity contribution in [1.82, 2.24) is 4.90 Å². The molecule has 18 heavy (non-hydrogen) atoms. The highest BCUT2D eigenvalue weighted by molar-refractivity contribution is 5.75. The third kappa shape index (κ3) is 6.47. The fourth-order valence-electron chi connectivity index (χ4n) is 2.45. The first-order valence-electron chi connectivity index (χ1n) is 6.49. The van der Waals surface area contributed by atoms with E-state index in [1.165, 1.54) is 32.1 Å². The van der Waals surface area contributed by atoms with E-state index in [0.29, 0.717) is 6.04 Å². The van der Waals surface area contributed by atoms with E-state index >= 15 is 0 Å². The van der Waals surface area contributed by atoms with Gasteiger partial charge in [-0.2, -0.15) is 0 Å². The van der Waals surface area contributed by atoms with E-state index in [0.717, 1.165) is 6.92 Å². The molecule has 0 bridgehead atoms. The SMILES string of the molecule is CC(=O)O.CC(C)(C)N(C(=N)N)C1CCCCC1. The first kappa shape index (κ1) is 16.7. The monoisotopic (exact) mass is 257 g/mol. The number of rotatable bonds is 1. The van der Waals surface area contributed by atoms with E-state index in [2.05, 4.69) is 25.7 Å². The third-order valence-corrected chi connectivity index (χ3v) is 2.92. The zero-order valence-electron chi connectivity index (χ0n) is 12.0. The Balaban J connectivity index is 0.000000631. The summed E-state index contributed by atoms with van der Waals surface area (Å²) in [5.74, 6) is -0.607. The van der Waals surface area contributed by atoms with Gasteiger partial charge in [0.05, 0.1) is 0 Å². The Labute approximate surface area is 110 Å². The van der Waals surface area contributed by atoms with Crippen LogP contribution in [0.5, 0.6) is 0 Å². The van der Waals surface area contributed by atoms with Crippen LogP contribution >= 0.6 is 0 Å². The van der Waals surface area contributed by atoms with Crippen LogP contribution in [0.1, 0.15) is 59.8 Å². The highest BCUT2D eigenvalue weighted by Gasteiger charge is 2.30. The summed E-state index contributed by atoms with van der Waals surface area (Å²) in [6.07, 6.45) is 6.29. The average molecular weight is 257 g/mol. The lowest BCUT2D eigenvalue weighted by molar-refractivity contribution is -0.134. The molecule has 0 aromatic carbocycles. The van der Waals surface area contributed by atoms with Crippen molar-refractivity contribution in [2.45, 2.75) is 71.4 Å². The smallest absolute Gasteiger partial charge is 0.300 e. The normalized spacial score (nSPS) is 16.4. The maximum atomic E-state index is 9.00. The standard InChI is InChI=1S/C11H23N3.C2H4O2/c1-11(2,3)14(10(12)13)9-7-5-4-6-8-9;1-2(3)4/h9H,4-8H2,1-3H3,(H3,12,13);1H3,(H,3,4). The summed E-state index contributed by atoms with van der Waals surface area (Å²) in [6.45, 7) is 7.47. The Morgan fingerprint density at radius 2 is 1.67 bits per heavy atom. The van der Waals surface area contributed by atoms with Crippen LogP contribution in [0.25, 0.3) is 0 Å². The van der Waals surface area contributed by atoms with Gasteiger partial charge in [-0.15, -0.1) is 0 Å². The topological polar surface area (TPSA) is 90.4 Å². The van der Waals surface area contributed by atoms with Crippen LogP contribution in [0.15, 0.2) is 0 Å². The molecule has 1 saturated carbocycles. The zero-order chi connectivity index (χ0) is 14.3. The summed E-state index contributed by atoms with van der Waals surface area (Å²) in [7, 11) is 0. The highest BCUT2D eigenvalue weighted by Crippen LogP contribution is 2.27. The summed E-state index contributed by atoms with van der Waals surface area (Å²) in [6, 6.07) is 0.487. The van der Waals surface area contributed by atoms with Gasteiger partial charge in [0.25, 0.3) is 5.97 Å². The summed E-state index contributed by atoms with van der Waals surface area (Å²) < 4.78 is 0. The first-order chi connectivity index (χ1) is 8.16.